The molecule has 1 nitrogen and oxygen atoms in total. The highest BCUT2D eigenvalue weighted by atomic mass is 79.9. The molecule has 1 N–H and O–H groups in total. The maximum atomic E-state index is 13.4. The lowest BCUT2D eigenvalue weighted by Crippen LogP contribution is -2.47. The van der Waals surface area contributed by atoms with Crippen molar-refractivity contribution in [3.63, 3.8) is 0 Å². The average Bonchev–Trinajstić information content (AvgIpc) is 2.53. The number of rotatable bonds is 4. The summed E-state index contributed by atoms with van der Waals surface area (Å²) in [5, 5.41) is 2.25. The fraction of sp³-hybridized carbons (Fsp3) is 0.556. The van der Waals surface area contributed by atoms with Gasteiger partial charge in [-0.3, -0.25) is 0 Å². The topological polar surface area (TPSA) is 12.0 Å². The van der Waals surface area contributed by atoms with Gasteiger partial charge in [0.05, 0.1) is 8.81 Å². The lowest BCUT2D eigenvalue weighted by atomic mass is 10.1. The second kappa shape index (κ2) is 5.60. The van der Waals surface area contributed by atoms with Crippen molar-refractivity contribution in [2.24, 2.45) is 0 Å². The van der Waals surface area contributed by atoms with Gasteiger partial charge in [0.1, 0.15) is 6.04 Å². The molecule has 0 saturated carbocycles. The van der Waals surface area contributed by atoms with Crippen LogP contribution in [0.15, 0.2) is 9.85 Å². The minimum atomic E-state index is -5.62. The van der Waals surface area contributed by atoms with E-state index >= 15 is 0 Å². The van der Waals surface area contributed by atoms with Crippen molar-refractivity contribution in [3.8, 4) is 0 Å². The van der Waals surface area contributed by atoms with Crippen LogP contribution >= 0.6 is 38.9 Å². The Kier molecular flexibility index (Phi) is 5.02. The van der Waals surface area contributed by atoms with Crippen LogP contribution in [-0.2, 0) is 0 Å². The highest BCUT2D eigenvalue weighted by molar-refractivity contribution is 9.11. The summed E-state index contributed by atoms with van der Waals surface area (Å²) < 4.78 is 64.2. The van der Waals surface area contributed by atoms with Crippen LogP contribution in [0.25, 0.3) is 0 Å². The number of hydrogen-bond donors (Lipinski definition) is 1. The fourth-order valence-corrected chi connectivity index (χ4v) is 3.14. The van der Waals surface area contributed by atoms with Gasteiger partial charge in [-0.2, -0.15) is 22.0 Å². The van der Waals surface area contributed by atoms with Crippen LogP contribution in [0.5, 0.6) is 0 Å². The molecule has 1 unspecified atom stereocenters. The predicted octanol–water partition coefficient (Wildman–Crippen LogP) is 5.01. The highest BCUT2D eigenvalue weighted by Gasteiger charge is 2.63. The molecular formula is C9H8BrClF5NS. The van der Waals surface area contributed by atoms with Gasteiger partial charge in [0.15, 0.2) is 0 Å². The van der Waals surface area contributed by atoms with E-state index in [-0.39, 0.29) is 16.4 Å². The molecule has 104 valence electrons. The van der Waals surface area contributed by atoms with Crippen molar-refractivity contribution in [3.05, 3.63) is 19.8 Å². The lowest BCUT2D eigenvalue weighted by Gasteiger charge is -2.28. The number of nitrogens with one attached hydrogen (secondary N) is 1. The van der Waals surface area contributed by atoms with Crippen LogP contribution in [0, 0.1) is 0 Å². The molecule has 0 aromatic carbocycles. The van der Waals surface area contributed by atoms with Crippen LogP contribution in [0.2, 0.25) is 5.02 Å². The third kappa shape index (κ3) is 3.15. The fourth-order valence-electron chi connectivity index (χ4n) is 1.28. The normalized spacial score (nSPS) is 14.9. The molecule has 0 amide bonds. The van der Waals surface area contributed by atoms with E-state index in [1.165, 1.54) is 6.92 Å². The van der Waals surface area contributed by atoms with E-state index in [0.717, 1.165) is 17.4 Å². The molecule has 0 aliphatic heterocycles. The summed E-state index contributed by atoms with van der Waals surface area (Å²) in [6.07, 6.45) is -5.62. The molecule has 18 heavy (non-hydrogen) atoms. The van der Waals surface area contributed by atoms with E-state index in [9.17, 15) is 22.0 Å². The SMILES string of the molecule is CCNC(c1cc(Cl)c(Br)s1)C(F)(F)C(F)(F)F. The molecule has 0 saturated heterocycles. The summed E-state index contributed by atoms with van der Waals surface area (Å²) in [5.74, 6) is -4.86. The minimum Gasteiger partial charge on any atom is -0.304 e. The molecular weight excluding hydrogens is 365 g/mol. The molecule has 0 spiro atoms. The van der Waals surface area contributed by atoms with Crippen molar-refractivity contribution < 1.29 is 22.0 Å². The van der Waals surface area contributed by atoms with Gasteiger partial charge in [0.2, 0.25) is 0 Å². The average molecular weight is 373 g/mol. The summed E-state index contributed by atoms with van der Waals surface area (Å²) in [6.45, 7) is 1.42. The minimum absolute atomic E-state index is 0.0243. The van der Waals surface area contributed by atoms with Gasteiger partial charge in [0, 0.05) is 4.88 Å². The standard InChI is InChI=1S/C9H8BrClF5NS/c1-2-17-6(8(12,13)9(14,15)16)5-3-4(11)7(10)18-5/h3,6,17H,2H2,1H3. The van der Waals surface area contributed by atoms with Gasteiger partial charge in [-0.1, -0.05) is 18.5 Å². The maximum absolute atomic E-state index is 13.4. The van der Waals surface area contributed by atoms with Crippen LogP contribution in [-0.4, -0.2) is 18.6 Å². The number of alkyl halides is 5. The molecule has 1 heterocycles. The highest BCUT2D eigenvalue weighted by Crippen LogP contribution is 2.47. The molecule has 9 heteroatoms. The third-order valence-electron chi connectivity index (χ3n) is 2.10. The van der Waals surface area contributed by atoms with E-state index in [4.69, 9.17) is 11.6 Å². The van der Waals surface area contributed by atoms with Crippen LogP contribution < -0.4 is 5.32 Å². The molecule has 0 fully saturated rings. The summed E-state index contributed by atoms with van der Waals surface area (Å²) in [4.78, 5) is -0.170. The first-order valence-corrected chi connectivity index (χ1v) is 6.72. The van der Waals surface area contributed by atoms with Crippen molar-refractivity contribution in [1.29, 1.82) is 0 Å². The van der Waals surface area contributed by atoms with Crippen molar-refractivity contribution in [1.82, 2.24) is 5.32 Å². The summed E-state index contributed by atoms with van der Waals surface area (Å²) in [7, 11) is 0. The molecule has 0 aliphatic carbocycles. The number of thiophene rings is 1. The van der Waals surface area contributed by atoms with Gasteiger partial charge in [-0.05, 0) is 28.5 Å². The lowest BCUT2D eigenvalue weighted by molar-refractivity contribution is -0.294. The second-order valence-corrected chi connectivity index (χ2v) is 6.19. The van der Waals surface area contributed by atoms with Crippen molar-refractivity contribution in [2.75, 3.05) is 6.54 Å². The predicted molar refractivity (Wildman–Crippen MR) is 64.4 cm³/mol. The van der Waals surface area contributed by atoms with E-state index in [2.05, 4.69) is 21.2 Å². The molecule has 0 radical (unpaired) electrons. The maximum Gasteiger partial charge on any atom is 0.455 e. The molecule has 1 aromatic heterocycles. The Hall–Kier alpha value is 0.0800. The Morgan fingerprint density at radius 1 is 1.39 bits per heavy atom. The first-order valence-electron chi connectivity index (χ1n) is 4.74. The Bertz CT molecular complexity index is 400. The number of halogens is 7. The first-order chi connectivity index (χ1) is 8.11. The van der Waals surface area contributed by atoms with Gasteiger partial charge in [-0.25, -0.2) is 0 Å². The van der Waals surface area contributed by atoms with Gasteiger partial charge in [-0.15, -0.1) is 11.3 Å². The van der Waals surface area contributed by atoms with E-state index in [1.807, 2.05) is 0 Å². The zero-order chi connectivity index (χ0) is 14.1. The Morgan fingerprint density at radius 2 is 1.94 bits per heavy atom. The summed E-state index contributed by atoms with van der Waals surface area (Å²) in [5.41, 5.74) is 0. The smallest absolute Gasteiger partial charge is 0.304 e. The molecule has 1 atom stereocenters. The Labute approximate surface area is 117 Å². The molecule has 1 aromatic rings. The summed E-state index contributed by atoms with van der Waals surface area (Å²) >= 11 is 9.38. The quantitative estimate of drug-likeness (QED) is 0.733. The van der Waals surface area contributed by atoms with Gasteiger partial charge < -0.3 is 5.32 Å². The zero-order valence-electron chi connectivity index (χ0n) is 8.92. The van der Waals surface area contributed by atoms with Crippen LogP contribution in [0.4, 0.5) is 22.0 Å². The van der Waals surface area contributed by atoms with E-state index in [0.29, 0.717) is 3.79 Å². The van der Waals surface area contributed by atoms with Gasteiger partial charge >= 0.3 is 12.1 Å². The van der Waals surface area contributed by atoms with E-state index in [1.54, 1.807) is 0 Å². The van der Waals surface area contributed by atoms with Crippen LogP contribution in [0.3, 0.4) is 0 Å². The van der Waals surface area contributed by atoms with Crippen molar-refractivity contribution >= 4 is 38.9 Å². The monoisotopic (exact) mass is 371 g/mol. The Balaban J connectivity index is 3.18. The Morgan fingerprint density at radius 3 is 2.28 bits per heavy atom. The van der Waals surface area contributed by atoms with Crippen LogP contribution in [0.1, 0.15) is 17.8 Å². The second-order valence-electron chi connectivity index (χ2n) is 3.38. The van der Waals surface area contributed by atoms with Gasteiger partial charge in [0.25, 0.3) is 0 Å². The summed E-state index contributed by atoms with van der Waals surface area (Å²) in [6, 6.07) is -1.04. The van der Waals surface area contributed by atoms with E-state index < -0.39 is 18.1 Å². The molecule has 1 rings (SSSR count). The molecule has 0 bridgehead atoms. The third-order valence-corrected chi connectivity index (χ3v) is 4.64. The van der Waals surface area contributed by atoms with Crippen molar-refractivity contribution in [2.45, 2.75) is 25.1 Å². The first kappa shape index (κ1) is 16.1. The number of hydrogen-bond acceptors (Lipinski definition) is 2. The molecule has 0 aliphatic rings. The largest absolute Gasteiger partial charge is 0.455 e. The zero-order valence-corrected chi connectivity index (χ0v) is 12.1.